The van der Waals surface area contributed by atoms with Gasteiger partial charge in [0.1, 0.15) is 0 Å². The van der Waals surface area contributed by atoms with Crippen LogP contribution in [0.5, 0.6) is 0 Å². The third kappa shape index (κ3) is 4.61. The summed E-state index contributed by atoms with van der Waals surface area (Å²) >= 11 is 0. The molecular formula is C23H34N2O5S. The van der Waals surface area contributed by atoms with Crippen molar-refractivity contribution in [2.24, 2.45) is 0 Å². The topological polar surface area (TPSA) is 81.8 Å². The highest BCUT2D eigenvalue weighted by Gasteiger charge is 2.39. The third-order valence-corrected chi connectivity index (χ3v) is 8.19. The number of oxazole rings is 1. The summed E-state index contributed by atoms with van der Waals surface area (Å²) in [7, 11) is -3.35. The van der Waals surface area contributed by atoms with Gasteiger partial charge in [0, 0.05) is 30.9 Å². The Hall–Kier alpha value is -1.64. The fraction of sp³-hybridized carbons (Fsp3) is 0.696. The lowest BCUT2D eigenvalue weighted by atomic mass is 9.79. The van der Waals surface area contributed by atoms with Crippen LogP contribution in [0.25, 0.3) is 11.1 Å². The maximum atomic E-state index is 12.6. The van der Waals surface area contributed by atoms with E-state index < -0.39 is 15.6 Å². The first-order chi connectivity index (χ1) is 14.6. The molecule has 1 saturated carbocycles. The standard InChI is InChI=1S/C23H34N2O5S/c1-16(2)29-18-7-11-23(3,12-8-18)24-13-9-17(10-14-24)25-20-15-19(31(4,27)28)5-6-21(20)30-22(25)26/h5-6,15-18H,7-14H2,1-4H3. The van der Waals surface area contributed by atoms with Crippen LogP contribution in [0.4, 0.5) is 0 Å². The maximum Gasteiger partial charge on any atom is 0.420 e. The molecule has 1 aliphatic heterocycles. The number of likely N-dealkylation sites (tertiary alicyclic amines) is 1. The summed E-state index contributed by atoms with van der Waals surface area (Å²) in [6, 6.07) is 4.66. The van der Waals surface area contributed by atoms with Crippen molar-refractivity contribution in [2.75, 3.05) is 19.3 Å². The molecule has 0 N–H and O–H groups in total. The van der Waals surface area contributed by atoms with E-state index >= 15 is 0 Å². The van der Waals surface area contributed by atoms with Gasteiger partial charge in [0.05, 0.1) is 22.6 Å². The van der Waals surface area contributed by atoms with Gasteiger partial charge in [-0.1, -0.05) is 0 Å². The van der Waals surface area contributed by atoms with Crippen LogP contribution in [0.15, 0.2) is 32.3 Å². The highest BCUT2D eigenvalue weighted by molar-refractivity contribution is 7.90. The number of ether oxygens (including phenoxy) is 1. The van der Waals surface area contributed by atoms with Crippen LogP contribution in [-0.2, 0) is 14.6 Å². The van der Waals surface area contributed by atoms with Crippen LogP contribution in [0.3, 0.4) is 0 Å². The van der Waals surface area contributed by atoms with Gasteiger partial charge in [-0.2, -0.15) is 0 Å². The second kappa shape index (κ2) is 8.37. The minimum atomic E-state index is -3.35. The first-order valence-electron chi connectivity index (χ1n) is 11.3. The molecule has 0 bridgehead atoms. The Morgan fingerprint density at radius 3 is 2.35 bits per heavy atom. The molecule has 1 aliphatic carbocycles. The fourth-order valence-corrected chi connectivity index (χ4v) is 5.95. The minimum Gasteiger partial charge on any atom is -0.408 e. The smallest absolute Gasteiger partial charge is 0.408 e. The highest BCUT2D eigenvalue weighted by atomic mass is 32.2. The summed E-state index contributed by atoms with van der Waals surface area (Å²) in [4.78, 5) is 15.4. The molecule has 0 spiro atoms. The van der Waals surface area contributed by atoms with Crippen LogP contribution in [0, 0.1) is 0 Å². The molecule has 4 rings (SSSR count). The van der Waals surface area contributed by atoms with Gasteiger partial charge in [-0.05, 0) is 77.5 Å². The van der Waals surface area contributed by atoms with Crippen LogP contribution in [0.2, 0.25) is 0 Å². The summed E-state index contributed by atoms with van der Waals surface area (Å²) in [6.07, 6.45) is 7.95. The molecule has 0 amide bonds. The second-order valence-electron chi connectivity index (χ2n) is 9.74. The molecular weight excluding hydrogens is 416 g/mol. The molecule has 1 aromatic heterocycles. The van der Waals surface area contributed by atoms with Crippen molar-refractivity contribution >= 4 is 20.9 Å². The van der Waals surface area contributed by atoms with Gasteiger partial charge in [-0.15, -0.1) is 0 Å². The Kier molecular flexibility index (Phi) is 6.09. The molecule has 7 nitrogen and oxygen atoms in total. The van der Waals surface area contributed by atoms with E-state index in [0.717, 1.165) is 51.6 Å². The summed E-state index contributed by atoms with van der Waals surface area (Å²) in [6.45, 7) is 8.39. The van der Waals surface area contributed by atoms with Gasteiger partial charge < -0.3 is 9.15 Å². The van der Waals surface area contributed by atoms with Crippen LogP contribution in [-0.4, -0.2) is 55.0 Å². The second-order valence-corrected chi connectivity index (χ2v) is 11.8. The Morgan fingerprint density at radius 1 is 1.13 bits per heavy atom. The monoisotopic (exact) mass is 450 g/mol. The van der Waals surface area contributed by atoms with Gasteiger partial charge in [-0.25, -0.2) is 13.2 Å². The van der Waals surface area contributed by atoms with Gasteiger partial charge in [0.25, 0.3) is 0 Å². The average Bonchev–Trinajstić information content (AvgIpc) is 3.04. The maximum absolute atomic E-state index is 12.6. The van der Waals surface area contributed by atoms with E-state index in [1.807, 2.05) is 0 Å². The molecule has 1 saturated heterocycles. The zero-order chi connectivity index (χ0) is 22.4. The predicted octanol–water partition coefficient (Wildman–Crippen LogP) is 3.76. The molecule has 31 heavy (non-hydrogen) atoms. The van der Waals surface area contributed by atoms with Crippen molar-refractivity contribution in [3.8, 4) is 0 Å². The largest absolute Gasteiger partial charge is 0.420 e. The summed E-state index contributed by atoms with van der Waals surface area (Å²) in [5.74, 6) is -0.406. The van der Waals surface area contributed by atoms with Crippen molar-refractivity contribution in [1.29, 1.82) is 0 Å². The number of rotatable bonds is 5. The SMILES string of the molecule is CC(C)OC1CCC(C)(N2CCC(n3c(=O)oc4ccc(S(C)(=O)=O)cc43)CC2)CC1. The van der Waals surface area contributed by atoms with E-state index in [-0.39, 0.29) is 22.6 Å². The van der Waals surface area contributed by atoms with Crippen molar-refractivity contribution in [3.05, 3.63) is 28.7 Å². The minimum absolute atomic E-state index is 0.0176. The molecule has 0 unspecified atom stereocenters. The molecule has 2 aliphatic rings. The van der Waals surface area contributed by atoms with Gasteiger partial charge in [0.2, 0.25) is 0 Å². The molecule has 8 heteroatoms. The van der Waals surface area contributed by atoms with Crippen LogP contribution < -0.4 is 5.76 Å². The molecule has 0 radical (unpaired) electrons. The number of piperidine rings is 1. The number of fused-ring (bicyclic) bond motifs is 1. The Labute approximate surface area is 184 Å². The first kappa shape index (κ1) is 22.6. The average molecular weight is 451 g/mol. The van der Waals surface area contributed by atoms with E-state index in [2.05, 4.69) is 25.7 Å². The molecule has 2 fully saturated rings. The number of sulfone groups is 1. The van der Waals surface area contributed by atoms with Crippen LogP contribution in [0.1, 0.15) is 65.3 Å². The molecule has 172 valence electrons. The number of hydrogen-bond donors (Lipinski definition) is 0. The van der Waals surface area contributed by atoms with Crippen LogP contribution >= 0.6 is 0 Å². The highest BCUT2D eigenvalue weighted by Crippen LogP contribution is 2.38. The number of nitrogens with zero attached hydrogens (tertiary/aromatic N) is 2. The predicted molar refractivity (Wildman–Crippen MR) is 120 cm³/mol. The van der Waals surface area contributed by atoms with Crippen molar-refractivity contribution in [3.63, 3.8) is 0 Å². The van der Waals surface area contributed by atoms with Gasteiger partial charge in [-0.3, -0.25) is 9.47 Å². The number of benzene rings is 1. The molecule has 2 heterocycles. The normalized spacial score (nSPS) is 26.7. The summed E-state index contributed by atoms with van der Waals surface area (Å²) < 4.78 is 37.0. The third-order valence-electron chi connectivity index (χ3n) is 7.08. The van der Waals surface area contributed by atoms with E-state index in [1.54, 1.807) is 16.7 Å². The quantitative estimate of drug-likeness (QED) is 0.690. The lowest BCUT2D eigenvalue weighted by Crippen LogP contribution is -2.53. The zero-order valence-electron chi connectivity index (χ0n) is 19.0. The van der Waals surface area contributed by atoms with Crippen molar-refractivity contribution in [2.45, 2.75) is 88.0 Å². The number of aromatic nitrogens is 1. The Bertz CT molecular complexity index is 1080. The summed E-state index contributed by atoms with van der Waals surface area (Å²) in [5.41, 5.74) is 1.19. The van der Waals surface area contributed by atoms with E-state index in [4.69, 9.17) is 9.15 Å². The lowest BCUT2D eigenvalue weighted by Gasteiger charge is -2.48. The Morgan fingerprint density at radius 2 is 1.77 bits per heavy atom. The van der Waals surface area contributed by atoms with Crippen molar-refractivity contribution in [1.82, 2.24) is 9.47 Å². The molecule has 0 atom stereocenters. The Balaban J connectivity index is 1.47. The van der Waals surface area contributed by atoms with Gasteiger partial charge in [0.15, 0.2) is 15.4 Å². The van der Waals surface area contributed by atoms with E-state index in [0.29, 0.717) is 17.2 Å². The number of hydrogen-bond acceptors (Lipinski definition) is 6. The zero-order valence-corrected chi connectivity index (χ0v) is 19.8. The molecule has 1 aromatic carbocycles. The summed E-state index contributed by atoms with van der Waals surface area (Å²) in [5, 5.41) is 0. The van der Waals surface area contributed by atoms with E-state index in [9.17, 15) is 13.2 Å². The lowest BCUT2D eigenvalue weighted by molar-refractivity contribution is -0.0520. The van der Waals surface area contributed by atoms with E-state index in [1.165, 1.54) is 12.3 Å². The fourth-order valence-electron chi connectivity index (χ4n) is 5.30. The first-order valence-corrected chi connectivity index (χ1v) is 13.2. The van der Waals surface area contributed by atoms with Gasteiger partial charge >= 0.3 is 5.76 Å². The molecule has 2 aromatic rings. The van der Waals surface area contributed by atoms with Crippen molar-refractivity contribution < 1.29 is 17.6 Å².